The average molecular weight is 333 g/mol. The van der Waals surface area contributed by atoms with E-state index in [1.165, 1.54) is 6.21 Å². The summed E-state index contributed by atoms with van der Waals surface area (Å²) in [5.41, 5.74) is 4.48. The maximum atomic E-state index is 11.7. The van der Waals surface area contributed by atoms with Gasteiger partial charge in [0, 0.05) is 10.6 Å². The van der Waals surface area contributed by atoms with E-state index in [0.29, 0.717) is 16.3 Å². The van der Waals surface area contributed by atoms with E-state index < -0.39 is 5.91 Å². The van der Waals surface area contributed by atoms with Crippen LogP contribution in [-0.2, 0) is 4.79 Å². The van der Waals surface area contributed by atoms with Crippen LogP contribution in [-0.4, -0.2) is 23.8 Å². The molecule has 0 spiro atoms. The zero-order valence-corrected chi connectivity index (χ0v) is 13.6. The van der Waals surface area contributed by atoms with E-state index in [-0.39, 0.29) is 12.4 Å². The fourth-order valence-corrected chi connectivity index (χ4v) is 1.97. The summed E-state index contributed by atoms with van der Waals surface area (Å²) in [4.78, 5) is 11.7. The number of benzene rings is 2. The van der Waals surface area contributed by atoms with E-state index in [9.17, 15) is 9.90 Å². The van der Waals surface area contributed by atoms with Crippen LogP contribution in [0.4, 0.5) is 0 Å². The third-order valence-corrected chi connectivity index (χ3v) is 3.59. The summed E-state index contributed by atoms with van der Waals surface area (Å²) >= 11 is 5.92. The van der Waals surface area contributed by atoms with Gasteiger partial charge < -0.3 is 9.84 Å². The van der Waals surface area contributed by atoms with Gasteiger partial charge in [-0.05, 0) is 49.2 Å². The highest BCUT2D eigenvalue weighted by molar-refractivity contribution is 6.31. The first-order valence-electron chi connectivity index (χ1n) is 6.97. The van der Waals surface area contributed by atoms with Crippen molar-refractivity contribution in [1.29, 1.82) is 0 Å². The quantitative estimate of drug-likeness (QED) is 0.652. The molecule has 120 valence electrons. The van der Waals surface area contributed by atoms with Crippen LogP contribution in [0, 0.1) is 13.8 Å². The van der Waals surface area contributed by atoms with E-state index in [1.54, 1.807) is 43.3 Å². The molecule has 0 aliphatic carbocycles. The van der Waals surface area contributed by atoms with Crippen molar-refractivity contribution in [2.45, 2.75) is 13.8 Å². The molecule has 0 atom stereocenters. The van der Waals surface area contributed by atoms with E-state index in [4.69, 9.17) is 16.3 Å². The van der Waals surface area contributed by atoms with Gasteiger partial charge in [-0.3, -0.25) is 4.79 Å². The molecular formula is C17H17ClN2O3. The third-order valence-electron chi connectivity index (χ3n) is 3.16. The van der Waals surface area contributed by atoms with Gasteiger partial charge in [0.2, 0.25) is 0 Å². The van der Waals surface area contributed by atoms with Crippen LogP contribution in [0.15, 0.2) is 41.5 Å². The smallest absolute Gasteiger partial charge is 0.277 e. The van der Waals surface area contributed by atoms with Gasteiger partial charge in [-0.2, -0.15) is 5.10 Å². The molecule has 0 fully saturated rings. The minimum Gasteiger partial charge on any atom is -0.507 e. The maximum Gasteiger partial charge on any atom is 0.277 e. The molecule has 0 aliphatic heterocycles. The monoisotopic (exact) mass is 332 g/mol. The number of carbonyl (C=O) groups excluding carboxylic acids is 1. The van der Waals surface area contributed by atoms with Crippen LogP contribution < -0.4 is 10.2 Å². The van der Waals surface area contributed by atoms with Crippen LogP contribution in [0.1, 0.15) is 16.7 Å². The summed E-state index contributed by atoms with van der Waals surface area (Å²) in [6, 6.07) is 10.4. The Morgan fingerprint density at radius 1 is 1.30 bits per heavy atom. The second kappa shape index (κ2) is 7.65. The molecule has 0 bridgehead atoms. The fraction of sp³-hybridized carbons (Fsp3) is 0.176. The zero-order chi connectivity index (χ0) is 16.8. The SMILES string of the molecule is Cc1cc(OCC(=O)N/N=C/c2cccc(C)c2O)ccc1Cl. The predicted octanol–water partition coefficient (Wildman–Crippen LogP) is 3.19. The maximum absolute atomic E-state index is 11.7. The Kier molecular flexibility index (Phi) is 5.60. The number of aryl methyl sites for hydroxylation is 2. The van der Waals surface area contributed by atoms with Crippen LogP contribution in [0.25, 0.3) is 0 Å². The number of aromatic hydroxyl groups is 1. The minimum atomic E-state index is -0.402. The van der Waals surface area contributed by atoms with E-state index in [2.05, 4.69) is 10.5 Å². The molecule has 0 aromatic heterocycles. The number of carbonyl (C=O) groups is 1. The highest BCUT2D eigenvalue weighted by Gasteiger charge is 2.04. The van der Waals surface area contributed by atoms with Crippen molar-refractivity contribution in [2.24, 2.45) is 5.10 Å². The predicted molar refractivity (Wildman–Crippen MR) is 90.3 cm³/mol. The van der Waals surface area contributed by atoms with E-state index in [1.807, 2.05) is 6.92 Å². The first-order valence-corrected chi connectivity index (χ1v) is 7.34. The Morgan fingerprint density at radius 3 is 2.83 bits per heavy atom. The molecular weight excluding hydrogens is 316 g/mol. The molecule has 0 radical (unpaired) electrons. The molecule has 0 heterocycles. The molecule has 1 amide bonds. The second-order valence-electron chi connectivity index (χ2n) is 5.01. The molecule has 0 aliphatic rings. The Balaban J connectivity index is 1.86. The number of hydrazone groups is 1. The lowest BCUT2D eigenvalue weighted by molar-refractivity contribution is -0.123. The number of amides is 1. The van der Waals surface area contributed by atoms with E-state index >= 15 is 0 Å². The number of hydrogen-bond acceptors (Lipinski definition) is 4. The standard InChI is InChI=1S/C17H17ClN2O3/c1-11-4-3-5-13(17(11)22)9-19-20-16(21)10-23-14-6-7-15(18)12(2)8-14/h3-9,22H,10H2,1-2H3,(H,20,21)/b19-9+. The lowest BCUT2D eigenvalue weighted by Crippen LogP contribution is -2.24. The Labute approximate surface area is 139 Å². The molecule has 0 saturated carbocycles. The number of rotatable bonds is 5. The number of nitrogens with zero attached hydrogens (tertiary/aromatic N) is 1. The third kappa shape index (κ3) is 4.72. The molecule has 2 aromatic carbocycles. The molecule has 0 unspecified atom stereocenters. The number of para-hydroxylation sites is 1. The highest BCUT2D eigenvalue weighted by atomic mass is 35.5. The van der Waals surface area contributed by atoms with Gasteiger partial charge in [0.05, 0.1) is 6.21 Å². The highest BCUT2D eigenvalue weighted by Crippen LogP contribution is 2.21. The lowest BCUT2D eigenvalue weighted by Gasteiger charge is -2.06. The fourth-order valence-electron chi connectivity index (χ4n) is 1.85. The van der Waals surface area contributed by atoms with Gasteiger partial charge >= 0.3 is 0 Å². The molecule has 2 aromatic rings. The molecule has 6 heteroatoms. The van der Waals surface area contributed by atoms with Gasteiger partial charge in [-0.25, -0.2) is 5.43 Å². The Bertz CT molecular complexity index is 745. The molecule has 2 rings (SSSR count). The lowest BCUT2D eigenvalue weighted by atomic mass is 10.1. The first-order chi connectivity index (χ1) is 11.0. The van der Waals surface area contributed by atoms with Crippen molar-refractivity contribution < 1.29 is 14.6 Å². The summed E-state index contributed by atoms with van der Waals surface area (Å²) < 4.78 is 5.36. The van der Waals surface area contributed by atoms with Crippen molar-refractivity contribution in [3.05, 3.63) is 58.1 Å². The van der Waals surface area contributed by atoms with Gasteiger partial charge in [-0.15, -0.1) is 0 Å². The number of ether oxygens (including phenoxy) is 1. The van der Waals surface area contributed by atoms with Crippen molar-refractivity contribution in [1.82, 2.24) is 5.43 Å². The van der Waals surface area contributed by atoms with Gasteiger partial charge in [0.1, 0.15) is 11.5 Å². The zero-order valence-electron chi connectivity index (χ0n) is 12.8. The van der Waals surface area contributed by atoms with Crippen LogP contribution in [0.5, 0.6) is 11.5 Å². The van der Waals surface area contributed by atoms with Crippen molar-refractivity contribution in [3.8, 4) is 11.5 Å². The molecule has 0 saturated heterocycles. The van der Waals surface area contributed by atoms with Crippen molar-refractivity contribution in [3.63, 3.8) is 0 Å². The average Bonchev–Trinajstić information content (AvgIpc) is 2.52. The van der Waals surface area contributed by atoms with Gasteiger partial charge in [0.15, 0.2) is 6.61 Å². The summed E-state index contributed by atoms with van der Waals surface area (Å²) in [5, 5.41) is 14.3. The summed E-state index contributed by atoms with van der Waals surface area (Å²) in [6.45, 7) is 3.47. The molecule has 23 heavy (non-hydrogen) atoms. The normalized spacial score (nSPS) is 10.7. The van der Waals surface area contributed by atoms with Crippen LogP contribution in [0.3, 0.4) is 0 Å². The number of phenols is 1. The first kappa shape index (κ1) is 16.8. The summed E-state index contributed by atoms with van der Waals surface area (Å²) in [5.74, 6) is 0.293. The Hall–Kier alpha value is -2.53. The Morgan fingerprint density at radius 2 is 2.09 bits per heavy atom. The number of nitrogens with one attached hydrogen (secondary N) is 1. The number of halogens is 1. The van der Waals surface area contributed by atoms with Gasteiger partial charge in [-0.1, -0.05) is 23.7 Å². The van der Waals surface area contributed by atoms with Crippen LogP contribution >= 0.6 is 11.6 Å². The topological polar surface area (TPSA) is 70.9 Å². The number of phenolic OH excluding ortho intramolecular Hbond substituents is 1. The largest absolute Gasteiger partial charge is 0.507 e. The summed E-state index contributed by atoms with van der Waals surface area (Å²) in [6.07, 6.45) is 1.38. The number of hydrogen-bond donors (Lipinski definition) is 2. The minimum absolute atomic E-state index is 0.137. The van der Waals surface area contributed by atoms with E-state index in [0.717, 1.165) is 11.1 Å². The van der Waals surface area contributed by atoms with Crippen LogP contribution in [0.2, 0.25) is 5.02 Å². The van der Waals surface area contributed by atoms with Gasteiger partial charge in [0.25, 0.3) is 5.91 Å². The van der Waals surface area contributed by atoms with Crippen molar-refractivity contribution in [2.75, 3.05) is 6.61 Å². The molecule has 5 nitrogen and oxygen atoms in total. The second-order valence-corrected chi connectivity index (χ2v) is 5.41. The van der Waals surface area contributed by atoms with Crippen molar-refractivity contribution >= 4 is 23.7 Å². The molecule has 2 N–H and O–H groups in total. The summed E-state index contributed by atoms with van der Waals surface area (Å²) in [7, 11) is 0.